The summed E-state index contributed by atoms with van der Waals surface area (Å²) in [5, 5.41) is 21.0. The average Bonchev–Trinajstić information content (AvgIpc) is 2.80. The first-order valence-electron chi connectivity index (χ1n) is 5.79. The topological polar surface area (TPSA) is 73.1 Å². The lowest BCUT2D eigenvalue weighted by molar-refractivity contribution is -0.141. The minimum absolute atomic E-state index is 0.190. The second-order valence-electron chi connectivity index (χ2n) is 4.50. The molecule has 0 unspecified atom stereocenters. The lowest BCUT2D eigenvalue weighted by Gasteiger charge is -2.15. The van der Waals surface area contributed by atoms with Gasteiger partial charge in [0.05, 0.1) is 17.6 Å². The molecule has 2 rings (SSSR count). The Kier molecular flexibility index (Phi) is 3.87. The van der Waals surface area contributed by atoms with Crippen molar-refractivity contribution < 1.29 is 9.90 Å². The van der Waals surface area contributed by atoms with Crippen LogP contribution in [0.25, 0.3) is 0 Å². The van der Waals surface area contributed by atoms with Gasteiger partial charge in [-0.2, -0.15) is 5.26 Å². The molecule has 1 aliphatic carbocycles. The van der Waals surface area contributed by atoms with Crippen molar-refractivity contribution >= 4 is 27.6 Å². The SMILES string of the molecule is N#Cc1ccc(N[C@H]2CC[C@@H](C(=O)O)C2)c(Br)c1. The number of carboxylic acid groups (broad SMARTS) is 1. The number of hydrogen-bond acceptors (Lipinski definition) is 3. The van der Waals surface area contributed by atoms with Crippen LogP contribution in [0.1, 0.15) is 24.8 Å². The van der Waals surface area contributed by atoms with Gasteiger partial charge in [-0.3, -0.25) is 4.79 Å². The van der Waals surface area contributed by atoms with Gasteiger partial charge in [-0.05, 0) is 53.4 Å². The van der Waals surface area contributed by atoms with Crippen molar-refractivity contribution in [2.24, 2.45) is 5.92 Å². The second kappa shape index (κ2) is 5.40. The molecule has 0 spiro atoms. The number of carboxylic acids is 1. The van der Waals surface area contributed by atoms with Crippen molar-refractivity contribution in [1.82, 2.24) is 0 Å². The Morgan fingerprint density at radius 1 is 1.50 bits per heavy atom. The number of hydrogen-bond donors (Lipinski definition) is 2. The number of nitrogens with zero attached hydrogens (tertiary/aromatic N) is 1. The Labute approximate surface area is 114 Å². The van der Waals surface area contributed by atoms with E-state index in [1.807, 2.05) is 6.07 Å². The molecule has 0 aliphatic heterocycles. The van der Waals surface area contributed by atoms with Gasteiger partial charge in [0.1, 0.15) is 0 Å². The van der Waals surface area contributed by atoms with Crippen LogP contribution in [0.5, 0.6) is 0 Å². The highest BCUT2D eigenvalue weighted by Gasteiger charge is 2.29. The zero-order valence-electron chi connectivity index (χ0n) is 9.69. The third kappa shape index (κ3) is 2.82. The van der Waals surface area contributed by atoms with E-state index in [9.17, 15) is 4.79 Å². The molecule has 5 heteroatoms. The number of nitriles is 1. The normalized spacial score (nSPS) is 22.4. The van der Waals surface area contributed by atoms with Crippen LogP contribution in [0, 0.1) is 17.2 Å². The quantitative estimate of drug-likeness (QED) is 0.900. The molecular weight excluding hydrogens is 296 g/mol. The zero-order chi connectivity index (χ0) is 13.1. The second-order valence-corrected chi connectivity index (χ2v) is 5.35. The Morgan fingerprint density at radius 2 is 2.28 bits per heavy atom. The molecule has 1 fully saturated rings. The summed E-state index contributed by atoms with van der Waals surface area (Å²) in [6.07, 6.45) is 2.24. The van der Waals surface area contributed by atoms with Gasteiger partial charge in [0, 0.05) is 16.2 Å². The van der Waals surface area contributed by atoms with E-state index in [0.29, 0.717) is 12.0 Å². The van der Waals surface area contributed by atoms with E-state index in [1.165, 1.54) is 0 Å². The first-order valence-corrected chi connectivity index (χ1v) is 6.58. The summed E-state index contributed by atoms with van der Waals surface area (Å²) >= 11 is 3.41. The fourth-order valence-electron chi connectivity index (χ4n) is 2.26. The number of rotatable bonds is 3. The molecule has 1 aromatic rings. The van der Waals surface area contributed by atoms with Crippen molar-refractivity contribution in [1.29, 1.82) is 5.26 Å². The summed E-state index contributed by atoms with van der Waals surface area (Å²) in [5.41, 5.74) is 1.51. The smallest absolute Gasteiger partial charge is 0.306 e. The molecule has 0 heterocycles. The van der Waals surface area contributed by atoms with Crippen LogP contribution in [-0.2, 0) is 4.79 Å². The molecule has 94 valence electrons. The summed E-state index contributed by atoms with van der Waals surface area (Å²) in [4.78, 5) is 10.9. The van der Waals surface area contributed by atoms with E-state index in [0.717, 1.165) is 23.0 Å². The third-order valence-electron chi connectivity index (χ3n) is 3.24. The molecule has 2 atom stereocenters. The van der Waals surface area contributed by atoms with E-state index < -0.39 is 5.97 Å². The molecule has 0 bridgehead atoms. The van der Waals surface area contributed by atoms with E-state index in [-0.39, 0.29) is 12.0 Å². The van der Waals surface area contributed by atoms with Crippen molar-refractivity contribution in [2.45, 2.75) is 25.3 Å². The molecule has 0 radical (unpaired) electrons. The van der Waals surface area contributed by atoms with Crippen LogP contribution < -0.4 is 5.32 Å². The number of halogens is 1. The van der Waals surface area contributed by atoms with Crippen LogP contribution in [0.3, 0.4) is 0 Å². The van der Waals surface area contributed by atoms with Crippen molar-refractivity contribution in [3.63, 3.8) is 0 Å². The molecule has 1 saturated carbocycles. The van der Waals surface area contributed by atoms with Gasteiger partial charge in [0.15, 0.2) is 0 Å². The van der Waals surface area contributed by atoms with Gasteiger partial charge in [-0.1, -0.05) is 0 Å². The Hall–Kier alpha value is -1.54. The van der Waals surface area contributed by atoms with Crippen LogP contribution in [0.2, 0.25) is 0 Å². The fourth-order valence-corrected chi connectivity index (χ4v) is 2.75. The van der Waals surface area contributed by atoms with Crippen molar-refractivity contribution in [3.05, 3.63) is 28.2 Å². The molecule has 0 aromatic heterocycles. The van der Waals surface area contributed by atoms with Gasteiger partial charge in [-0.15, -0.1) is 0 Å². The first kappa shape index (κ1) is 12.9. The van der Waals surface area contributed by atoms with Crippen LogP contribution in [0.4, 0.5) is 5.69 Å². The summed E-state index contributed by atoms with van der Waals surface area (Å²) in [5.74, 6) is -0.946. The molecular formula is C13H13BrN2O2. The number of carbonyl (C=O) groups is 1. The minimum Gasteiger partial charge on any atom is -0.481 e. The Bertz CT molecular complexity index is 510. The van der Waals surface area contributed by atoms with E-state index in [2.05, 4.69) is 27.3 Å². The summed E-state index contributed by atoms with van der Waals surface area (Å²) in [6.45, 7) is 0. The standard InChI is InChI=1S/C13H13BrN2O2/c14-11-5-8(7-15)1-4-12(11)16-10-3-2-9(6-10)13(17)18/h1,4-5,9-10,16H,2-3,6H2,(H,17,18)/t9-,10+/m1/s1. The van der Waals surface area contributed by atoms with E-state index >= 15 is 0 Å². The monoisotopic (exact) mass is 308 g/mol. The van der Waals surface area contributed by atoms with Crippen LogP contribution >= 0.6 is 15.9 Å². The number of aliphatic carboxylic acids is 1. The highest BCUT2D eigenvalue weighted by molar-refractivity contribution is 9.10. The summed E-state index contributed by atoms with van der Waals surface area (Å²) < 4.78 is 0.834. The van der Waals surface area contributed by atoms with E-state index in [4.69, 9.17) is 10.4 Å². The predicted octanol–water partition coefficient (Wildman–Crippen LogP) is 2.99. The average molecular weight is 309 g/mol. The van der Waals surface area contributed by atoms with E-state index in [1.54, 1.807) is 12.1 Å². The lowest BCUT2D eigenvalue weighted by Crippen LogP contribution is -2.18. The maximum Gasteiger partial charge on any atom is 0.306 e. The molecule has 0 amide bonds. The Morgan fingerprint density at radius 3 is 2.83 bits per heavy atom. The fraction of sp³-hybridized carbons (Fsp3) is 0.385. The number of benzene rings is 1. The molecule has 4 nitrogen and oxygen atoms in total. The molecule has 2 N–H and O–H groups in total. The highest BCUT2D eigenvalue weighted by atomic mass is 79.9. The number of anilines is 1. The van der Waals surface area contributed by atoms with Crippen LogP contribution in [-0.4, -0.2) is 17.1 Å². The molecule has 0 saturated heterocycles. The van der Waals surface area contributed by atoms with Gasteiger partial charge in [0.25, 0.3) is 0 Å². The number of nitrogens with one attached hydrogen (secondary N) is 1. The predicted molar refractivity (Wildman–Crippen MR) is 71.2 cm³/mol. The summed E-state index contributed by atoms with van der Waals surface area (Å²) in [7, 11) is 0. The van der Waals surface area contributed by atoms with Gasteiger partial charge >= 0.3 is 5.97 Å². The lowest BCUT2D eigenvalue weighted by atomic mass is 10.1. The Balaban J connectivity index is 2.03. The summed E-state index contributed by atoms with van der Waals surface area (Å²) in [6, 6.07) is 7.61. The largest absolute Gasteiger partial charge is 0.481 e. The molecule has 1 aromatic carbocycles. The van der Waals surface area contributed by atoms with Crippen LogP contribution in [0.15, 0.2) is 22.7 Å². The van der Waals surface area contributed by atoms with Gasteiger partial charge < -0.3 is 10.4 Å². The highest BCUT2D eigenvalue weighted by Crippen LogP contribution is 2.31. The zero-order valence-corrected chi connectivity index (χ0v) is 11.3. The maximum atomic E-state index is 10.9. The van der Waals surface area contributed by atoms with Crippen molar-refractivity contribution in [3.8, 4) is 6.07 Å². The maximum absolute atomic E-state index is 10.9. The molecule has 18 heavy (non-hydrogen) atoms. The third-order valence-corrected chi connectivity index (χ3v) is 3.90. The van der Waals surface area contributed by atoms with Gasteiger partial charge in [0.2, 0.25) is 0 Å². The van der Waals surface area contributed by atoms with Gasteiger partial charge in [-0.25, -0.2) is 0 Å². The van der Waals surface area contributed by atoms with Crippen molar-refractivity contribution in [2.75, 3.05) is 5.32 Å². The first-order chi connectivity index (χ1) is 8.60. The minimum atomic E-state index is -0.710. The molecule has 1 aliphatic rings.